The van der Waals surface area contributed by atoms with Gasteiger partial charge in [-0.15, -0.1) is 0 Å². The minimum absolute atomic E-state index is 0.137. The van der Waals surface area contributed by atoms with E-state index in [4.69, 9.17) is 0 Å². The van der Waals surface area contributed by atoms with Crippen LogP contribution in [0.1, 0.15) is 25.5 Å². The van der Waals surface area contributed by atoms with Crippen LogP contribution in [0.2, 0.25) is 0 Å². The van der Waals surface area contributed by atoms with Crippen molar-refractivity contribution in [2.75, 3.05) is 5.75 Å². The molecule has 0 unspecified atom stereocenters. The summed E-state index contributed by atoms with van der Waals surface area (Å²) in [7, 11) is 0. The number of aromatic amines is 1. The number of aryl methyl sites for hydroxylation is 1. The Balaban J connectivity index is 2.62. The first kappa shape index (κ1) is 14.1. The lowest BCUT2D eigenvalue weighted by Gasteiger charge is -2.05. The van der Waals surface area contributed by atoms with Crippen molar-refractivity contribution in [2.24, 2.45) is 0 Å². The number of nitrogens with zero attached hydrogens (tertiary/aromatic N) is 1. The molecule has 96 valence electrons. The Morgan fingerprint density at radius 1 is 1.47 bits per heavy atom. The quantitative estimate of drug-likeness (QED) is 0.658. The first-order valence-electron chi connectivity index (χ1n) is 5.20. The molecule has 0 aliphatic heterocycles. The van der Waals surface area contributed by atoms with Crippen LogP contribution in [0.5, 0.6) is 0 Å². The molecule has 0 atom stereocenters. The standard InChI is InChI=1S/C10H13F3N2OS/c1-2-3-7-6-8(16)15-9(14-7)17-5-4-10(11,12)13/h6H,2-5H2,1H3,(H,14,15,16). The van der Waals surface area contributed by atoms with Gasteiger partial charge in [0, 0.05) is 17.5 Å². The van der Waals surface area contributed by atoms with Crippen molar-refractivity contribution in [3.05, 3.63) is 22.1 Å². The summed E-state index contributed by atoms with van der Waals surface area (Å²) in [6.45, 7) is 1.94. The molecule has 1 aromatic heterocycles. The third kappa shape index (κ3) is 5.76. The predicted octanol–water partition coefficient (Wildman–Crippen LogP) is 2.77. The summed E-state index contributed by atoms with van der Waals surface area (Å²) in [5.74, 6) is -0.137. The first-order chi connectivity index (χ1) is 7.90. The molecular weight excluding hydrogens is 253 g/mol. The van der Waals surface area contributed by atoms with E-state index >= 15 is 0 Å². The molecule has 0 amide bonds. The molecule has 7 heteroatoms. The molecule has 17 heavy (non-hydrogen) atoms. The Kier molecular flexibility index (Phi) is 5.04. The highest BCUT2D eigenvalue weighted by Crippen LogP contribution is 2.24. The summed E-state index contributed by atoms with van der Waals surface area (Å²) in [5.41, 5.74) is 0.295. The zero-order valence-electron chi connectivity index (χ0n) is 9.30. The van der Waals surface area contributed by atoms with Crippen LogP contribution in [0.4, 0.5) is 13.2 Å². The van der Waals surface area contributed by atoms with E-state index in [-0.39, 0.29) is 16.5 Å². The Morgan fingerprint density at radius 3 is 2.76 bits per heavy atom. The Hall–Kier alpha value is -0.980. The van der Waals surface area contributed by atoms with E-state index in [1.165, 1.54) is 6.07 Å². The lowest BCUT2D eigenvalue weighted by Crippen LogP contribution is -2.12. The number of nitrogens with one attached hydrogen (secondary N) is 1. The molecule has 0 aliphatic rings. The summed E-state index contributed by atoms with van der Waals surface area (Å²) in [6.07, 6.45) is -3.58. The van der Waals surface area contributed by atoms with Gasteiger partial charge in [0.05, 0.1) is 6.42 Å². The number of hydrogen-bond acceptors (Lipinski definition) is 3. The van der Waals surface area contributed by atoms with E-state index in [2.05, 4.69) is 9.97 Å². The topological polar surface area (TPSA) is 45.8 Å². The van der Waals surface area contributed by atoms with Crippen LogP contribution >= 0.6 is 11.8 Å². The van der Waals surface area contributed by atoms with Gasteiger partial charge in [0.25, 0.3) is 5.56 Å². The van der Waals surface area contributed by atoms with Gasteiger partial charge < -0.3 is 4.98 Å². The second-order valence-electron chi connectivity index (χ2n) is 3.51. The van der Waals surface area contributed by atoms with Gasteiger partial charge in [-0.2, -0.15) is 13.2 Å². The van der Waals surface area contributed by atoms with Gasteiger partial charge in [0.15, 0.2) is 5.16 Å². The van der Waals surface area contributed by atoms with Gasteiger partial charge in [0.2, 0.25) is 0 Å². The fraction of sp³-hybridized carbons (Fsp3) is 0.600. The minimum atomic E-state index is -4.17. The molecule has 0 saturated carbocycles. The maximum Gasteiger partial charge on any atom is 0.389 e. The molecule has 0 aliphatic carbocycles. The van der Waals surface area contributed by atoms with Crippen LogP contribution in [0.3, 0.4) is 0 Å². The van der Waals surface area contributed by atoms with E-state index in [1.54, 1.807) is 0 Å². The number of rotatable bonds is 5. The zero-order chi connectivity index (χ0) is 12.9. The van der Waals surface area contributed by atoms with Gasteiger partial charge >= 0.3 is 6.18 Å². The van der Waals surface area contributed by atoms with Crippen LogP contribution in [0.25, 0.3) is 0 Å². The van der Waals surface area contributed by atoms with Crippen molar-refractivity contribution in [1.82, 2.24) is 9.97 Å². The molecule has 0 radical (unpaired) electrons. The van der Waals surface area contributed by atoms with Gasteiger partial charge in [0.1, 0.15) is 0 Å². The van der Waals surface area contributed by atoms with E-state index in [0.29, 0.717) is 12.1 Å². The number of hydrogen-bond donors (Lipinski definition) is 1. The van der Waals surface area contributed by atoms with E-state index in [0.717, 1.165) is 18.2 Å². The molecule has 0 fully saturated rings. The van der Waals surface area contributed by atoms with Crippen LogP contribution < -0.4 is 5.56 Å². The van der Waals surface area contributed by atoms with Crippen LogP contribution in [0.15, 0.2) is 16.0 Å². The van der Waals surface area contributed by atoms with Crippen molar-refractivity contribution >= 4 is 11.8 Å². The molecule has 1 N–H and O–H groups in total. The Labute approximate surface area is 101 Å². The van der Waals surface area contributed by atoms with Crippen molar-refractivity contribution in [3.63, 3.8) is 0 Å². The van der Waals surface area contributed by atoms with Crippen LogP contribution in [-0.4, -0.2) is 21.9 Å². The fourth-order valence-corrected chi connectivity index (χ4v) is 2.08. The maximum atomic E-state index is 11.9. The summed E-state index contributed by atoms with van der Waals surface area (Å²) in [4.78, 5) is 17.7. The van der Waals surface area contributed by atoms with Crippen molar-refractivity contribution in [2.45, 2.75) is 37.5 Å². The van der Waals surface area contributed by atoms with Crippen molar-refractivity contribution in [3.8, 4) is 0 Å². The average Bonchev–Trinajstić information content (AvgIpc) is 2.15. The lowest BCUT2D eigenvalue weighted by atomic mass is 10.2. The summed E-state index contributed by atoms with van der Waals surface area (Å²) in [6, 6.07) is 1.37. The predicted molar refractivity (Wildman–Crippen MR) is 60.2 cm³/mol. The third-order valence-electron chi connectivity index (χ3n) is 1.90. The number of aromatic nitrogens is 2. The van der Waals surface area contributed by atoms with Gasteiger partial charge in [-0.3, -0.25) is 4.79 Å². The molecule has 3 nitrogen and oxygen atoms in total. The second kappa shape index (κ2) is 6.09. The van der Waals surface area contributed by atoms with E-state index < -0.39 is 12.6 Å². The molecule has 0 spiro atoms. The second-order valence-corrected chi connectivity index (χ2v) is 4.59. The maximum absolute atomic E-state index is 11.9. The molecule has 1 aromatic rings. The Morgan fingerprint density at radius 2 is 2.18 bits per heavy atom. The normalized spacial score (nSPS) is 11.8. The minimum Gasteiger partial charge on any atom is -0.301 e. The lowest BCUT2D eigenvalue weighted by molar-refractivity contribution is -0.129. The number of thioether (sulfide) groups is 1. The number of halogens is 3. The van der Waals surface area contributed by atoms with E-state index in [1.807, 2.05) is 6.92 Å². The SMILES string of the molecule is CCCc1cc(=O)[nH]c(SCCC(F)(F)F)n1. The molecule has 1 heterocycles. The highest BCUT2D eigenvalue weighted by atomic mass is 32.2. The third-order valence-corrected chi connectivity index (χ3v) is 2.78. The molecule has 0 saturated heterocycles. The highest BCUT2D eigenvalue weighted by molar-refractivity contribution is 7.99. The highest BCUT2D eigenvalue weighted by Gasteiger charge is 2.26. The average molecular weight is 266 g/mol. The molecule has 1 rings (SSSR count). The zero-order valence-corrected chi connectivity index (χ0v) is 10.1. The molecule has 0 aromatic carbocycles. The van der Waals surface area contributed by atoms with Gasteiger partial charge in [-0.25, -0.2) is 4.98 Å². The Bertz CT molecular complexity index is 417. The first-order valence-corrected chi connectivity index (χ1v) is 6.19. The monoisotopic (exact) mass is 266 g/mol. The molecular formula is C10H13F3N2OS. The fourth-order valence-electron chi connectivity index (χ4n) is 1.20. The molecule has 0 bridgehead atoms. The summed E-state index contributed by atoms with van der Waals surface area (Å²) >= 11 is 0.915. The largest absolute Gasteiger partial charge is 0.389 e. The van der Waals surface area contributed by atoms with Crippen molar-refractivity contribution in [1.29, 1.82) is 0 Å². The number of H-pyrrole nitrogens is 1. The van der Waals surface area contributed by atoms with Gasteiger partial charge in [-0.05, 0) is 6.42 Å². The van der Waals surface area contributed by atoms with Gasteiger partial charge in [-0.1, -0.05) is 25.1 Å². The summed E-state index contributed by atoms with van der Waals surface area (Å²) < 4.78 is 35.8. The van der Waals surface area contributed by atoms with Crippen molar-refractivity contribution < 1.29 is 13.2 Å². The van der Waals surface area contributed by atoms with Crippen LogP contribution in [0, 0.1) is 0 Å². The van der Waals surface area contributed by atoms with E-state index in [9.17, 15) is 18.0 Å². The smallest absolute Gasteiger partial charge is 0.301 e. The van der Waals surface area contributed by atoms with Crippen LogP contribution in [-0.2, 0) is 6.42 Å². The number of alkyl halides is 3. The summed E-state index contributed by atoms with van der Waals surface area (Å²) in [5, 5.41) is 0.255.